The van der Waals surface area contributed by atoms with Crippen molar-refractivity contribution in [1.82, 2.24) is 0 Å². The molecule has 0 aliphatic heterocycles. The monoisotopic (exact) mass is 333 g/mol. The number of benzene rings is 2. The summed E-state index contributed by atoms with van der Waals surface area (Å²) in [7, 11) is 1.15. The molecule has 2 aromatic rings. The smallest absolute Gasteiger partial charge is 0.306 e. The van der Waals surface area contributed by atoms with E-state index in [1.165, 1.54) is 18.2 Å². The zero-order valence-electron chi connectivity index (χ0n) is 12.8. The van der Waals surface area contributed by atoms with Crippen LogP contribution in [0.15, 0.2) is 42.5 Å². The topological polar surface area (TPSA) is 50.1 Å². The van der Waals surface area contributed by atoms with Gasteiger partial charge in [-0.2, -0.15) is 5.26 Å². The van der Waals surface area contributed by atoms with Crippen molar-refractivity contribution >= 4 is 5.97 Å². The van der Waals surface area contributed by atoms with Crippen molar-refractivity contribution in [2.24, 2.45) is 0 Å². The molecule has 2 unspecified atom stereocenters. The van der Waals surface area contributed by atoms with Crippen LogP contribution < -0.4 is 0 Å². The molecule has 124 valence electrons. The van der Waals surface area contributed by atoms with Gasteiger partial charge in [0.05, 0.1) is 25.5 Å². The molecule has 0 radical (unpaired) electrons. The van der Waals surface area contributed by atoms with Crippen molar-refractivity contribution in [2.75, 3.05) is 7.11 Å². The second kappa shape index (κ2) is 7.64. The van der Waals surface area contributed by atoms with Crippen molar-refractivity contribution < 1.29 is 22.7 Å². The lowest BCUT2D eigenvalue weighted by Crippen LogP contribution is -2.18. The summed E-state index contributed by atoms with van der Waals surface area (Å²) in [6.07, 6.45) is -0.385. The molecule has 0 N–H and O–H groups in total. The molecule has 2 rings (SSSR count). The first-order valence-corrected chi connectivity index (χ1v) is 7.13. The van der Waals surface area contributed by atoms with E-state index < -0.39 is 35.3 Å². The summed E-state index contributed by atoms with van der Waals surface area (Å²) in [5, 5.41) is 9.51. The van der Waals surface area contributed by atoms with Crippen LogP contribution in [-0.4, -0.2) is 13.1 Å². The number of nitrogens with zero attached hydrogens (tertiary/aromatic N) is 1. The van der Waals surface area contributed by atoms with Crippen LogP contribution in [0, 0.1) is 28.8 Å². The van der Waals surface area contributed by atoms with Gasteiger partial charge >= 0.3 is 5.97 Å². The average Bonchev–Trinajstić information content (AvgIpc) is 2.56. The van der Waals surface area contributed by atoms with E-state index in [1.54, 1.807) is 0 Å². The molecule has 0 aromatic heterocycles. The van der Waals surface area contributed by atoms with Gasteiger partial charge in [0.25, 0.3) is 0 Å². The number of carbonyl (C=O) groups is 1. The SMILES string of the molecule is COC(=O)CC(c1c(F)cccc1F)C(C#N)c1ccc(F)cc1. The maximum atomic E-state index is 14.2. The fourth-order valence-corrected chi connectivity index (χ4v) is 2.58. The molecule has 24 heavy (non-hydrogen) atoms. The normalized spacial score (nSPS) is 13.0. The fourth-order valence-electron chi connectivity index (χ4n) is 2.58. The molecule has 6 heteroatoms. The maximum Gasteiger partial charge on any atom is 0.306 e. The van der Waals surface area contributed by atoms with Gasteiger partial charge in [0.1, 0.15) is 17.5 Å². The zero-order chi connectivity index (χ0) is 17.7. The number of rotatable bonds is 5. The molecule has 0 aliphatic rings. The molecule has 2 atom stereocenters. The molecular weight excluding hydrogens is 319 g/mol. The van der Waals surface area contributed by atoms with Gasteiger partial charge in [-0.3, -0.25) is 4.79 Å². The standard InChI is InChI=1S/C18H14F3NO2/c1-24-17(23)9-13(18-15(20)3-2-4-16(18)21)14(10-22)11-5-7-12(19)8-6-11/h2-8,13-14H,9H2,1H3. The number of hydrogen-bond donors (Lipinski definition) is 0. The molecule has 0 bridgehead atoms. The number of carbonyl (C=O) groups excluding carboxylic acids is 1. The highest BCUT2D eigenvalue weighted by Gasteiger charge is 2.32. The zero-order valence-corrected chi connectivity index (χ0v) is 12.8. The van der Waals surface area contributed by atoms with Crippen LogP contribution in [0.5, 0.6) is 0 Å². The molecule has 3 nitrogen and oxygen atoms in total. The Morgan fingerprint density at radius 3 is 2.21 bits per heavy atom. The highest BCUT2D eigenvalue weighted by Crippen LogP contribution is 2.38. The number of ether oxygens (including phenoxy) is 1. The summed E-state index contributed by atoms with van der Waals surface area (Å²) < 4.78 is 46.0. The summed E-state index contributed by atoms with van der Waals surface area (Å²) in [5.41, 5.74) is -0.00534. The fraction of sp³-hybridized carbons (Fsp3) is 0.222. The average molecular weight is 333 g/mol. The Hall–Kier alpha value is -2.81. The van der Waals surface area contributed by atoms with Gasteiger partial charge in [0.15, 0.2) is 0 Å². The minimum atomic E-state index is -1.10. The Morgan fingerprint density at radius 1 is 1.12 bits per heavy atom. The summed E-state index contributed by atoms with van der Waals surface area (Å²) in [5.74, 6) is -5.07. The summed E-state index contributed by atoms with van der Waals surface area (Å²) >= 11 is 0. The Labute approximate surface area is 137 Å². The predicted octanol–water partition coefficient (Wildman–Crippen LogP) is 4.06. The quantitative estimate of drug-likeness (QED) is 0.776. The predicted molar refractivity (Wildman–Crippen MR) is 80.5 cm³/mol. The van der Waals surface area contributed by atoms with Gasteiger partial charge in [0, 0.05) is 11.5 Å². The number of nitriles is 1. The summed E-state index contributed by atoms with van der Waals surface area (Å²) in [6.45, 7) is 0. The molecule has 0 spiro atoms. The van der Waals surface area contributed by atoms with Crippen LogP contribution >= 0.6 is 0 Å². The van der Waals surface area contributed by atoms with Gasteiger partial charge < -0.3 is 4.74 Å². The molecular formula is C18H14F3NO2. The molecule has 0 fully saturated rings. The third-order valence-electron chi connectivity index (χ3n) is 3.76. The largest absolute Gasteiger partial charge is 0.469 e. The van der Waals surface area contributed by atoms with Gasteiger partial charge in [-0.1, -0.05) is 18.2 Å². The van der Waals surface area contributed by atoms with Crippen molar-refractivity contribution in [3.63, 3.8) is 0 Å². The Kier molecular flexibility index (Phi) is 5.59. The van der Waals surface area contributed by atoms with E-state index in [1.807, 2.05) is 6.07 Å². The molecule has 2 aromatic carbocycles. The number of methoxy groups -OCH3 is 1. The second-order valence-electron chi connectivity index (χ2n) is 5.18. The first kappa shape index (κ1) is 17.5. The first-order chi connectivity index (χ1) is 11.5. The van der Waals surface area contributed by atoms with E-state index >= 15 is 0 Å². The second-order valence-corrected chi connectivity index (χ2v) is 5.18. The van der Waals surface area contributed by atoms with E-state index in [0.717, 1.165) is 31.4 Å². The van der Waals surface area contributed by atoms with Crippen molar-refractivity contribution in [3.05, 3.63) is 71.0 Å². The number of hydrogen-bond acceptors (Lipinski definition) is 3. The maximum absolute atomic E-state index is 14.2. The van der Waals surface area contributed by atoms with Crippen LogP contribution in [0.3, 0.4) is 0 Å². The van der Waals surface area contributed by atoms with Crippen LogP contribution in [-0.2, 0) is 9.53 Å². The van der Waals surface area contributed by atoms with Crippen LogP contribution in [0.25, 0.3) is 0 Å². The third-order valence-corrected chi connectivity index (χ3v) is 3.76. The van der Waals surface area contributed by atoms with Gasteiger partial charge in [-0.15, -0.1) is 0 Å². The molecule has 0 aliphatic carbocycles. The highest BCUT2D eigenvalue weighted by molar-refractivity contribution is 5.71. The van der Waals surface area contributed by atoms with E-state index in [-0.39, 0.29) is 12.0 Å². The molecule has 0 saturated heterocycles. The van der Waals surface area contributed by atoms with E-state index in [9.17, 15) is 23.2 Å². The summed E-state index contributed by atoms with van der Waals surface area (Å²) in [4.78, 5) is 11.7. The minimum absolute atomic E-state index is 0.357. The minimum Gasteiger partial charge on any atom is -0.469 e. The lowest BCUT2D eigenvalue weighted by Gasteiger charge is -2.23. The van der Waals surface area contributed by atoms with E-state index in [4.69, 9.17) is 0 Å². The number of halogens is 3. The van der Waals surface area contributed by atoms with Crippen molar-refractivity contribution in [2.45, 2.75) is 18.3 Å². The molecule has 0 amide bonds. The Balaban J connectivity index is 2.54. The van der Waals surface area contributed by atoms with Gasteiger partial charge in [-0.25, -0.2) is 13.2 Å². The van der Waals surface area contributed by atoms with Crippen molar-refractivity contribution in [1.29, 1.82) is 5.26 Å². The first-order valence-electron chi connectivity index (χ1n) is 7.13. The molecule has 0 heterocycles. The third kappa shape index (κ3) is 3.74. The van der Waals surface area contributed by atoms with Gasteiger partial charge in [0.2, 0.25) is 0 Å². The Morgan fingerprint density at radius 2 is 1.71 bits per heavy atom. The number of esters is 1. The van der Waals surface area contributed by atoms with Crippen LogP contribution in [0.1, 0.15) is 29.4 Å². The lowest BCUT2D eigenvalue weighted by molar-refractivity contribution is -0.141. The lowest BCUT2D eigenvalue weighted by atomic mass is 9.80. The van der Waals surface area contributed by atoms with Crippen LogP contribution in [0.4, 0.5) is 13.2 Å². The Bertz CT molecular complexity index is 749. The van der Waals surface area contributed by atoms with Gasteiger partial charge in [-0.05, 0) is 29.8 Å². The summed E-state index contributed by atoms with van der Waals surface area (Å²) in [6, 6.07) is 10.3. The molecule has 0 saturated carbocycles. The van der Waals surface area contributed by atoms with Crippen molar-refractivity contribution in [3.8, 4) is 6.07 Å². The van der Waals surface area contributed by atoms with E-state index in [2.05, 4.69) is 4.74 Å². The van der Waals surface area contributed by atoms with Crippen LogP contribution in [0.2, 0.25) is 0 Å². The van der Waals surface area contributed by atoms with E-state index in [0.29, 0.717) is 5.56 Å². The highest BCUT2D eigenvalue weighted by atomic mass is 19.1.